The van der Waals surface area contributed by atoms with Crippen molar-refractivity contribution in [3.05, 3.63) is 125 Å². The molecule has 0 spiro atoms. The highest BCUT2D eigenvalue weighted by atomic mass is 35.5. The van der Waals surface area contributed by atoms with Crippen molar-refractivity contribution in [2.45, 2.75) is 13.2 Å². The minimum atomic E-state index is -1.01. The first-order chi connectivity index (χ1) is 18.4. The van der Waals surface area contributed by atoms with Crippen LogP contribution in [-0.4, -0.2) is 29.7 Å². The van der Waals surface area contributed by atoms with Crippen LogP contribution in [0, 0.1) is 0 Å². The van der Waals surface area contributed by atoms with Gasteiger partial charge >= 0.3 is 12.2 Å². The van der Waals surface area contributed by atoms with E-state index in [0.717, 1.165) is 16.1 Å². The van der Waals surface area contributed by atoms with Crippen molar-refractivity contribution in [3.63, 3.8) is 0 Å². The molecular formula is C28H24ClN3O6. The molecule has 0 unspecified atom stereocenters. The second-order valence-corrected chi connectivity index (χ2v) is 8.48. The summed E-state index contributed by atoms with van der Waals surface area (Å²) >= 11 is 5.97. The molecule has 2 N–H and O–H groups in total. The molecule has 0 bridgehead atoms. The summed E-state index contributed by atoms with van der Waals surface area (Å²) in [5.74, 6) is -0.628. The van der Waals surface area contributed by atoms with E-state index in [1.165, 1.54) is 0 Å². The van der Waals surface area contributed by atoms with Crippen molar-refractivity contribution >= 4 is 35.4 Å². The van der Waals surface area contributed by atoms with Gasteiger partial charge in [0.25, 0.3) is 5.91 Å². The predicted molar refractivity (Wildman–Crippen MR) is 140 cm³/mol. The normalized spacial score (nSPS) is 12.4. The maximum absolute atomic E-state index is 13.1. The van der Waals surface area contributed by atoms with E-state index >= 15 is 0 Å². The zero-order valence-electron chi connectivity index (χ0n) is 20.2. The molecule has 38 heavy (non-hydrogen) atoms. The van der Waals surface area contributed by atoms with E-state index in [-0.39, 0.29) is 36.8 Å². The molecular weight excluding hydrogens is 510 g/mol. The molecule has 3 aromatic carbocycles. The van der Waals surface area contributed by atoms with Crippen molar-refractivity contribution in [2.24, 2.45) is 0 Å². The number of hydrazine groups is 1. The number of carbonyl (C=O) groups excluding carboxylic acids is 3. The Balaban J connectivity index is 1.52. The molecule has 194 valence electrons. The molecule has 3 aromatic rings. The van der Waals surface area contributed by atoms with Gasteiger partial charge in [-0.05, 0) is 35.4 Å². The van der Waals surface area contributed by atoms with Gasteiger partial charge in [-0.15, -0.1) is 0 Å². The van der Waals surface area contributed by atoms with Crippen LogP contribution in [0.3, 0.4) is 0 Å². The Morgan fingerprint density at radius 2 is 1.47 bits per heavy atom. The van der Waals surface area contributed by atoms with Gasteiger partial charge in [0.15, 0.2) is 0 Å². The predicted octanol–water partition coefficient (Wildman–Crippen LogP) is 5.56. The van der Waals surface area contributed by atoms with Gasteiger partial charge in [-0.3, -0.25) is 10.2 Å². The van der Waals surface area contributed by atoms with E-state index in [0.29, 0.717) is 10.7 Å². The van der Waals surface area contributed by atoms with Gasteiger partial charge in [0.2, 0.25) is 0 Å². The smallest absolute Gasteiger partial charge is 0.443 e. The van der Waals surface area contributed by atoms with Gasteiger partial charge in [0, 0.05) is 5.02 Å². The number of nitrogens with one attached hydrogen (secondary N) is 2. The second-order valence-electron chi connectivity index (χ2n) is 8.05. The molecule has 1 aliphatic heterocycles. The fourth-order valence-corrected chi connectivity index (χ4v) is 3.59. The fourth-order valence-electron chi connectivity index (χ4n) is 3.46. The highest BCUT2D eigenvalue weighted by Gasteiger charge is 2.34. The van der Waals surface area contributed by atoms with Gasteiger partial charge in [-0.2, -0.15) is 5.01 Å². The van der Waals surface area contributed by atoms with Gasteiger partial charge in [0.05, 0.1) is 17.9 Å². The van der Waals surface area contributed by atoms with Crippen LogP contribution in [0.4, 0.5) is 15.3 Å². The zero-order valence-corrected chi connectivity index (χ0v) is 20.9. The number of hydrogen-bond acceptors (Lipinski definition) is 7. The Labute approximate surface area is 224 Å². The van der Waals surface area contributed by atoms with Crippen LogP contribution in [-0.2, 0) is 32.2 Å². The Kier molecular flexibility index (Phi) is 8.63. The minimum Gasteiger partial charge on any atom is -0.443 e. The van der Waals surface area contributed by atoms with Crippen LogP contribution >= 0.6 is 11.6 Å². The van der Waals surface area contributed by atoms with Crippen LogP contribution in [0.2, 0.25) is 5.02 Å². The molecule has 0 atom stereocenters. The quantitative estimate of drug-likeness (QED) is 0.274. The number of halogens is 1. The number of hydrogen-bond donors (Lipinski definition) is 2. The molecule has 0 saturated carbocycles. The van der Waals surface area contributed by atoms with Crippen LogP contribution in [0.25, 0.3) is 0 Å². The van der Waals surface area contributed by atoms with E-state index in [4.69, 9.17) is 25.8 Å². The van der Waals surface area contributed by atoms with Crippen molar-refractivity contribution < 1.29 is 28.6 Å². The summed E-state index contributed by atoms with van der Waals surface area (Å²) < 4.78 is 15.9. The number of carbonyl (C=O) groups is 3. The van der Waals surface area contributed by atoms with Crippen molar-refractivity contribution in [3.8, 4) is 0 Å². The van der Waals surface area contributed by atoms with Gasteiger partial charge in [-0.25, -0.2) is 9.59 Å². The molecule has 0 fully saturated rings. The lowest BCUT2D eigenvalue weighted by atomic mass is 10.2. The molecule has 10 heteroatoms. The summed E-state index contributed by atoms with van der Waals surface area (Å²) in [6.07, 6.45) is -1.85. The van der Waals surface area contributed by atoms with Crippen LogP contribution in [0.15, 0.2) is 109 Å². The maximum Gasteiger partial charge on any atom is 0.513 e. The zero-order chi connectivity index (χ0) is 26.9. The molecule has 1 aliphatic rings. The molecule has 0 aromatic heterocycles. The van der Waals surface area contributed by atoms with E-state index < -0.39 is 18.2 Å². The first-order valence-corrected chi connectivity index (χ1v) is 11.9. The molecule has 4 rings (SSSR count). The SMILES string of the molecule is C=C(C1=C(OC(=O)OCc2ccccc2)CNC1=O)N(Nc1ccc(Cl)cc1)C(=O)OCc1ccccc1. The number of anilines is 1. The van der Waals surface area contributed by atoms with Gasteiger partial charge in [0.1, 0.15) is 24.5 Å². The summed E-state index contributed by atoms with van der Waals surface area (Å²) in [6, 6.07) is 24.7. The third-order valence-electron chi connectivity index (χ3n) is 5.35. The molecule has 9 nitrogen and oxygen atoms in total. The number of ether oxygens (including phenoxy) is 3. The Bertz CT molecular complexity index is 1340. The highest BCUT2D eigenvalue weighted by Crippen LogP contribution is 2.25. The Morgan fingerprint density at radius 1 is 0.895 bits per heavy atom. The van der Waals surface area contributed by atoms with Crippen molar-refractivity contribution in [2.75, 3.05) is 12.0 Å². The van der Waals surface area contributed by atoms with Crippen LogP contribution in [0.5, 0.6) is 0 Å². The number of nitrogens with zero attached hydrogens (tertiary/aromatic N) is 1. The first-order valence-electron chi connectivity index (χ1n) is 11.5. The average Bonchev–Trinajstić information content (AvgIpc) is 3.30. The molecule has 1 heterocycles. The third-order valence-corrected chi connectivity index (χ3v) is 5.60. The van der Waals surface area contributed by atoms with E-state index in [1.54, 1.807) is 48.5 Å². The third kappa shape index (κ3) is 6.92. The van der Waals surface area contributed by atoms with Crippen LogP contribution in [0.1, 0.15) is 11.1 Å². The number of benzene rings is 3. The summed E-state index contributed by atoms with van der Waals surface area (Å²) in [5, 5.41) is 4.03. The standard InChI is InChI=1S/C28H24ClN3O6/c1-19(25-24(16-30-26(25)33)38-28(35)37-18-21-10-6-3-7-11-21)32(31-23-14-12-22(29)13-15-23)27(34)36-17-20-8-4-2-5-9-20/h2-15,31H,1,16-18H2,(H,30,33). The van der Waals surface area contributed by atoms with Crippen molar-refractivity contribution in [1.29, 1.82) is 0 Å². The summed E-state index contributed by atoms with van der Waals surface area (Å²) in [7, 11) is 0. The van der Waals surface area contributed by atoms with Crippen LogP contribution < -0.4 is 10.7 Å². The number of amides is 2. The first kappa shape index (κ1) is 26.3. The van der Waals surface area contributed by atoms with Gasteiger partial charge in [-0.1, -0.05) is 78.8 Å². The maximum atomic E-state index is 13.1. The summed E-state index contributed by atoms with van der Waals surface area (Å²) in [4.78, 5) is 38.2. The summed E-state index contributed by atoms with van der Waals surface area (Å²) in [5.41, 5.74) is 4.67. The van der Waals surface area contributed by atoms with E-state index in [2.05, 4.69) is 17.3 Å². The van der Waals surface area contributed by atoms with E-state index in [1.807, 2.05) is 36.4 Å². The molecule has 2 amide bonds. The lowest BCUT2D eigenvalue weighted by Gasteiger charge is -2.26. The lowest BCUT2D eigenvalue weighted by Crippen LogP contribution is -2.37. The highest BCUT2D eigenvalue weighted by molar-refractivity contribution is 6.30. The van der Waals surface area contributed by atoms with Gasteiger partial charge < -0.3 is 19.5 Å². The average molecular weight is 534 g/mol. The Morgan fingerprint density at radius 3 is 2.08 bits per heavy atom. The Hall–Kier alpha value is -4.76. The molecule has 0 aliphatic carbocycles. The second kappa shape index (κ2) is 12.5. The topological polar surface area (TPSA) is 106 Å². The fraction of sp³-hybridized carbons (Fsp3) is 0.107. The molecule has 0 radical (unpaired) electrons. The monoisotopic (exact) mass is 533 g/mol. The molecule has 0 saturated heterocycles. The van der Waals surface area contributed by atoms with Crippen molar-refractivity contribution in [1.82, 2.24) is 10.3 Å². The van der Waals surface area contributed by atoms with E-state index in [9.17, 15) is 14.4 Å². The largest absolute Gasteiger partial charge is 0.513 e. The number of rotatable bonds is 9. The summed E-state index contributed by atoms with van der Waals surface area (Å²) in [6.45, 7) is 3.78. The minimum absolute atomic E-state index is 0.0132. The lowest BCUT2D eigenvalue weighted by molar-refractivity contribution is -0.116.